The molecule has 1 aromatic heterocycles. The van der Waals surface area contributed by atoms with E-state index in [0.717, 1.165) is 16.5 Å². The van der Waals surface area contributed by atoms with Crippen molar-refractivity contribution in [3.8, 4) is 0 Å². The number of fused-ring (bicyclic) bond motifs is 1. The molecule has 0 fully saturated rings. The van der Waals surface area contributed by atoms with Gasteiger partial charge in [-0.2, -0.15) is 0 Å². The number of nitro benzene ring substituents is 1. The Morgan fingerprint density at radius 1 is 1.17 bits per heavy atom. The van der Waals surface area contributed by atoms with Gasteiger partial charge in [0.05, 0.1) is 4.92 Å². The Bertz CT molecular complexity index is 947. The molecule has 23 heavy (non-hydrogen) atoms. The molecule has 3 aromatic rings. The van der Waals surface area contributed by atoms with Gasteiger partial charge in [0.15, 0.2) is 0 Å². The van der Waals surface area contributed by atoms with E-state index in [4.69, 9.17) is 0 Å². The van der Waals surface area contributed by atoms with Gasteiger partial charge < -0.3 is 10.3 Å². The van der Waals surface area contributed by atoms with Crippen LogP contribution in [0.1, 0.15) is 11.1 Å². The second kappa shape index (κ2) is 5.92. The second-order valence-electron chi connectivity index (χ2n) is 5.38. The van der Waals surface area contributed by atoms with Crippen LogP contribution in [-0.4, -0.2) is 9.91 Å². The summed E-state index contributed by atoms with van der Waals surface area (Å²) in [7, 11) is 0. The van der Waals surface area contributed by atoms with Crippen molar-refractivity contribution in [2.45, 2.75) is 13.5 Å². The highest BCUT2D eigenvalue weighted by Gasteiger charge is 2.07. The molecule has 3 rings (SSSR count). The number of nitrogens with zero attached hydrogens (tertiary/aromatic N) is 1. The minimum absolute atomic E-state index is 0.0119. The molecule has 0 radical (unpaired) electrons. The number of aryl methyl sites for hydroxylation is 1. The molecule has 0 bridgehead atoms. The molecule has 0 aliphatic carbocycles. The van der Waals surface area contributed by atoms with Crippen LogP contribution in [0.4, 0.5) is 11.4 Å². The Labute approximate surface area is 131 Å². The number of anilines is 1. The zero-order valence-corrected chi connectivity index (χ0v) is 12.5. The number of pyridine rings is 1. The van der Waals surface area contributed by atoms with Crippen molar-refractivity contribution in [3.05, 3.63) is 80.1 Å². The summed E-state index contributed by atoms with van der Waals surface area (Å²) < 4.78 is 0. The van der Waals surface area contributed by atoms with Crippen LogP contribution in [0.25, 0.3) is 10.9 Å². The summed E-state index contributed by atoms with van der Waals surface area (Å²) >= 11 is 0. The second-order valence-corrected chi connectivity index (χ2v) is 5.38. The monoisotopic (exact) mass is 309 g/mol. The zero-order valence-electron chi connectivity index (χ0n) is 12.5. The lowest BCUT2D eigenvalue weighted by atomic mass is 10.1. The average Bonchev–Trinajstić information content (AvgIpc) is 2.53. The minimum atomic E-state index is -0.448. The Hall–Kier alpha value is -3.15. The van der Waals surface area contributed by atoms with Crippen LogP contribution in [0.5, 0.6) is 0 Å². The van der Waals surface area contributed by atoms with E-state index in [1.54, 1.807) is 12.1 Å². The number of hydrogen-bond donors (Lipinski definition) is 2. The summed E-state index contributed by atoms with van der Waals surface area (Å²) in [6.45, 7) is 2.26. The first-order valence-electron chi connectivity index (χ1n) is 7.14. The summed E-state index contributed by atoms with van der Waals surface area (Å²) in [5, 5.41) is 14.8. The molecule has 0 saturated heterocycles. The summed E-state index contributed by atoms with van der Waals surface area (Å²) in [4.78, 5) is 25.3. The van der Waals surface area contributed by atoms with E-state index in [2.05, 4.69) is 10.3 Å². The maximum atomic E-state index is 12.1. The van der Waals surface area contributed by atoms with Crippen LogP contribution in [0.3, 0.4) is 0 Å². The first kappa shape index (κ1) is 14.8. The molecule has 0 aliphatic heterocycles. The molecule has 0 aliphatic rings. The molecule has 0 unspecified atom stereocenters. The summed E-state index contributed by atoms with van der Waals surface area (Å²) in [6, 6.07) is 13.9. The van der Waals surface area contributed by atoms with Crippen molar-refractivity contribution in [2.24, 2.45) is 0 Å². The highest BCUT2D eigenvalue weighted by molar-refractivity contribution is 5.79. The molecule has 2 N–H and O–H groups in total. The number of nitro groups is 1. The van der Waals surface area contributed by atoms with Crippen LogP contribution >= 0.6 is 0 Å². The third kappa shape index (κ3) is 3.21. The van der Waals surface area contributed by atoms with Gasteiger partial charge in [-0.15, -0.1) is 0 Å². The quantitative estimate of drug-likeness (QED) is 0.571. The van der Waals surface area contributed by atoms with E-state index in [0.29, 0.717) is 17.8 Å². The maximum Gasteiger partial charge on any atom is 0.271 e. The lowest BCUT2D eigenvalue weighted by Gasteiger charge is -2.07. The third-order valence-electron chi connectivity index (χ3n) is 3.62. The topological polar surface area (TPSA) is 88.0 Å². The van der Waals surface area contributed by atoms with Gasteiger partial charge in [0.1, 0.15) is 0 Å². The lowest BCUT2D eigenvalue weighted by Crippen LogP contribution is -2.15. The van der Waals surface area contributed by atoms with Crippen molar-refractivity contribution in [3.63, 3.8) is 0 Å². The van der Waals surface area contributed by atoms with E-state index in [1.807, 2.05) is 31.2 Å². The Balaban J connectivity index is 1.86. The number of rotatable bonds is 4. The molecular formula is C17H15N3O3. The standard InChI is InChI=1S/C17H15N3O3/c1-11-5-6-12-8-13(17(21)19-16(12)7-11)10-18-14-3-2-4-15(9-14)20(22)23/h2-9,18H,10H2,1H3,(H,19,21). The fraction of sp³-hybridized carbons (Fsp3) is 0.118. The summed E-state index contributed by atoms with van der Waals surface area (Å²) in [6.07, 6.45) is 0. The van der Waals surface area contributed by atoms with Crippen molar-refractivity contribution in [1.29, 1.82) is 0 Å². The largest absolute Gasteiger partial charge is 0.381 e. The van der Waals surface area contributed by atoms with Gasteiger partial charge in [-0.3, -0.25) is 14.9 Å². The molecule has 116 valence electrons. The molecule has 0 atom stereocenters. The van der Waals surface area contributed by atoms with E-state index >= 15 is 0 Å². The zero-order chi connectivity index (χ0) is 16.4. The number of nitrogens with one attached hydrogen (secondary N) is 2. The molecule has 6 nitrogen and oxygen atoms in total. The average molecular weight is 309 g/mol. The van der Waals surface area contributed by atoms with Crippen LogP contribution in [0.2, 0.25) is 0 Å². The van der Waals surface area contributed by atoms with Crippen molar-refractivity contribution in [1.82, 2.24) is 4.98 Å². The van der Waals surface area contributed by atoms with Gasteiger partial charge in [0, 0.05) is 35.4 Å². The summed E-state index contributed by atoms with van der Waals surface area (Å²) in [5.74, 6) is 0. The molecule has 1 heterocycles. The molecule has 0 saturated carbocycles. The van der Waals surface area contributed by atoms with Crippen LogP contribution < -0.4 is 10.9 Å². The fourth-order valence-electron chi connectivity index (χ4n) is 2.42. The maximum absolute atomic E-state index is 12.1. The molecule has 0 spiro atoms. The predicted octanol–water partition coefficient (Wildman–Crippen LogP) is 3.36. The Morgan fingerprint density at radius 2 is 2.00 bits per heavy atom. The molecular weight excluding hydrogens is 294 g/mol. The molecule has 6 heteroatoms. The SMILES string of the molecule is Cc1ccc2cc(CNc3cccc([N+](=O)[O-])c3)c(=O)[nH]c2c1. The van der Waals surface area contributed by atoms with E-state index in [-0.39, 0.29) is 11.2 Å². The number of H-pyrrole nitrogens is 1. The van der Waals surface area contributed by atoms with Crippen LogP contribution in [0, 0.1) is 17.0 Å². The smallest absolute Gasteiger partial charge is 0.271 e. The van der Waals surface area contributed by atoms with Gasteiger partial charge >= 0.3 is 0 Å². The molecule has 2 aromatic carbocycles. The highest BCUT2D eigenvalue weighted by Crippen LogP contribution is 2.18. The first-order valence-corrected chi connectivity index (χ1v) is 7.14. The van der Waals surface area contributed by atoms with E-state index < -0.39 is 4.92 Å². The van der Waals surface area contributed by atoms with E-state index in [1.165, 1.54) is 12.1 Å². The van der Waals surface area contributed by atoms with Gasteiger partial charge in [0.2, 0.25) is 0 Å². The number of hydrogen-bond acceptors (Lipinski definition) is 4. The minimum Gasteiger partial charge on any atom is -0.381 e. The van der Waals surface area contributed by atoms with Crippen LogP contribution in [-0.2, 0) is 6.54 Å². The fourth-order valence-corrected chi connectivity index (χ4v) is 2.42. The number of aromatic amines is 1. The van der Waals surface area contributed by atoms with Crippen LogP contribution in [0.15, 0.2) is 53.3 Å². The Kier molecular flexibility index (Phi) is 3.80. The predicted molar refractivity (Wildman–Crippen MR) is 89.7 cm³/mol. The third-order valence-corrected chi connectivity index (χ3v) is 3.62. The lowest BCUT2D eigenvalue weighted by molar-refractivity contribution is -0.384. The number of aromatic nitrogens is 1. The Morgan fingerprint density at radius 3 is 2.78 bits per heavy atom. The summed E-state index contributed by atoms with van der Waals surface area (Å²) in [5.41, 5.74) is 2.90. The highest BCUT2D eigenvalue weighted by atomic mass is 16.6. The van der Waals surface area contributed by atoms with Crippen molar-refractivity contribution in [2.75, 3.05) is 5.32 Å². The normalized spacial score (nSPS) is 10.7. The first-order chi connectivity index (χ1) is 11.0. The van der Waals surface area contributed by atoms with Gasteiger partial charge in [-0.1, -0.05) is 18.2 Å². The van der Waals surface area contributed by atoms with Gasteiger partial charge in [-0.25, -0.2) is 0 Å². The van der Waals surface area contributed by atoms with Gasteiger partial charge in [0.25, 0.3) is 11.2 Å². The number of non-ortho nitro benzene ring substituents is 1. The van der Waals surface area contributed by atoms with Gasteiger partial charge in [-0.05, 0) is 36.1 Å². The van der Waals surface area contributed by atoms with E-state index in [9.17, 15) is 14.9 Å². The van der Waals surface area contributed by atoms with Crippen molar-refractivity contribution < 1.29 is 4.92 Å². The van der Waals surface area contributed by atoms with Crippen molar-refractivity contribution >= 4 is 22.3 Å². The number of benzene rings is 2. The molecule has 0 amide bonds.